The van der Waals surface area contributed by atoms with E-state index in [0.717, 1.165) is 19.5 Å². The molecule has 0 amide bonds. The van der Waals surface area contributed by atoms with Crippen LogP contribution in [-0.4, -0.2) is 46.5 Å². The van der Waals surface area contributed by atoms with Gasteiger partial charge in [-0.2, -0.15) is 0 Å². The van der Waals surface area contributed by atoms with Crippen molar-refractivity contribution in [3.05, 3.63) is 0 Å². The Balaban J connectivity index is 1.70. The first kappa shape index (κ1) is 14.2. The Morgan fingerprint density at radius 3 is 2.67 bits per heavy atom. The standard InChI is InChI=1S/C12H24N2O3S/c15-18(16,12-4-8-17-9-5-12)14-7-3-11-2-1-6-13-10-11/h11-14H,1-10H2. The molecule has 2 rings (SSSR count). The van der Waals surface area contributed by atoms with Crippen molar-refractivity contribution in [2.45, 2.75) is 37.4 Å². The molecular formula is C12H24N2O3S. The highest BCUT2D eigenvalue weighted by Crippen LogP contribution is 2.16. The lowest BCUT2D eigenvalue weighted by molar-refractivity contribution is 0.0981. The van der Waals surface area contributed by atoms with Gasteiger partial charge in [0.25, 0.3) is 0 Å². The minimum atomic E-state index is -3.13. The van der Waals surface area contributed by atoms with E-state index < -0.39 is 10.0 Å². The van der Waals surface area contributed by atoms with Crippen molar-refractivity contribution in [3.8, 4) is 0 Å². The van der Waals surface area contributed by atoms with Gasteiger partial charge in [0, 0.05) is 19.8 Å². The molecule has 106 valence electrons. The summed E-state index contributed by atoms with van der Waals surface area (Å²) in [4.78, 5) is 0. The summed E-state index contributed by atoms with van der Waals surface area (Å²) in [5.74, 6) is 0.621. The minimum absolute atomic E-state index is 0.254. The molecule has 1 unspecified atom stereocenters. The number of ether oxygens (including phenoxy) is 1. The van der Waals surface area contributed by atoms with Crippen LogP contribution in [0.15, 0.2) is 0 Å². The highest BCUT2D eigenvalue weighted by Gasteiger charge is 2.27. The van der Waals surface area contributed by atoms with Crippen molar-refractivity contribution in [2.24, 2.45) is 5.92 Å². The molecule has 0 aromatic carbocycles. The Labute approximate surface area is 110 Å². The summed E-state index contributed by atoms with van der Waals surface area (Å²) in [5.41, 5.74) is 0. The van der Waals surface area contributed by atoms with Crippen LogP contribution in [0.4, 0.5) is 0 Å². The number of hydrogen-bond donors (Lipinski definition) is 2. The van der Waals surface area contributed by atoms with Crippen LogP contribution >= 0.6 is 0 Å². The molecule has 0 saturated carbocycles. The van der Waals surface area contributed by atoms with Crippen LogP contribution in [0, 0.1) is 5.92 Å². The molecule has 2 saturated heterocycles. The molecule has 18 heavy (non-hydrogen) atoms. The quantitative estimate of drug-likeness (QED) is 0.766. The first-order valence-electron chi connectivity index (χ1n) is 6.95. The maximum atomic E-state index is 12.0. The first-order chi connectivity index (χ1) is 8.68. The van der Waals surface area contributed by atoms with Crippen LogP contribution in [0.1, 0.15) is 32.1 Å². The second-order valence-corrected chi connectivity index (χ2v) is 7.30. The van der Waals surface area contributed by atoms with Crippen molar-refractivity contribution < 1.29 is 13.2 Å². The number of piperidine rings is 1. The molecule has 2 heterocycles. The van der Waals surface area contributed by atoms with E-state index in [1.165, 1.54) is 12.8 Å². The molecular weight excluding hydrogens is 252 g/mol. The molecule has 5 nitrogen and oxygen atoms in total. The maximum Gasteiger partial charge on any atom is 0.214 e. The Morgan fingerprint density at radius 2 is 2.00 bits per heavy atom. The second-order valence-electron chi connectivity index (χ2n) is 5.25. The number of rotatable bonds is 5. The van der Waals surface area contributed by atoms with E-state index in [2.05, 4.69) is 10.0 Å². The second kappa shape index (κ2) is 6.84. The third kappa shape index (κ3) is 4.19. The molecule has 2 fully saturated rings. The van der Waals surface area contributed by atoms with Crippen molar-refractivity contribution >= 4 is 10.0 Å². The van der Waals surface area contributed by atoms with Crippen molar-refractivity contribution in [3.63, 3.8) is 0 Å². The van der Waals surface area contributed by atoms with Crippen molar-refractivity contribution in [2.75, 3.05) is 32.8 Å². The Hall–Kier alpha value is -0.170. The summed E-state index contributed by atoms with van der Waals surface area (Å²) >= 11 is 0. The van der Waals surface area contributed by atoms with Gasteiger partial charge in [0.15, 0.2) is 0 Å². The molecule has 2 aliphatic heterocycles. The number of nitrogens with one attached hydrogen (secondary N) is 2. The molecule has 1 atom stereocenters. The van der Waals surface area contributed by atoms with E-state index in [1.54, 1.807) is 0 Å². The molecule has 0 bridgehead atoms. The zero-order valence-corrected chi connectivity index (χ0v) is 11.7. The van der Waals surface area contributed by atoms with E-state index in [4.69, 9.17) is 4.74 Å². The fraction of sp³-hybridized carbons (Fsp3) is 1.00. The Bertz CT molecular complexity index is 333. The monoisotopic (exact) mass is 276 g/mol. The number of sulfonamides is 1. The lowest BCUT2D eigenvalue weighted by Crippen LogP contribution is -2.39. The van der Waals surface area contributed by atoms with Crippen LogP contribution in [0.5, 0.6) is 0 Å². The smallest absolute Gasteiger partial charge is 0.214 e. The van der Waals surface area contributed by atoms with Gasteiger partial charge < -0.3 is 10.1 Å². The van der Waals surface area contributed by atoms with E-state index >= 15 is 0 Å². The largest absolute Gasteiger partial charge is 0.381 e. The summed E-state index contributed by atoms with van der Waals surface area (Å²) in [6, 6.07) is 0. The highest BCUT2D eigenvalue weighted by molar-refractivity contribution is 7.90. The van der Waals surface area contributed by atoms with Crippen LogP contribution in [0.25, 0.3) is 0 Å². The topological polar surface area (TPSA) is 67.4 Å². The average molecular weight is 276 g/mol. The minimum Gasteiger partial charge on any atom is -0.381 e. The van der Waals surface area contributed by atoms with Gasteiger partial charge >= 0.3 is 0 Å². The van der Waals surface area contributed by atoms with Crippen LogP contribution in [0.2, 0.25) is 0 Å². The van der Waals surface area contributed by atoms with Crippen LogP contribution in [-0.2, 0) is 14.8 Å². The zero-order valence-electron chi connectivity index (χ0n) is 10.9. The van der Waals surface area contributed by atoms with Gasteiger partial charge in [0.2, 0.25) is 10.0 Å². The number of hydrogen-bond acceptors (Lipinski definition) is 4. The SMILES string of the molecule is O=S(=O)(NCCC1CCCNC1)C1CCOCC1. The molecule has 0 aromatic heterocycles. The predicted molar refractivity (Wildman–Crippen MR) is 71.0 cm³/mol. The van der Waals surface area contributed by atoms with Crippen molar-refractivity contribution in [1.29, 1.82) is 0 Å². The third-order valence-corrected chi connectivity index (χ3v) is 5.82. The van der Waals surface area contributed by atoms with Crippen molar-refractivity contribution in [1.82, 2.24) is 10.0 Å². The predicted octanol–water partition coefficient (Wildman–Crippen LogP) is 0.475. The van der Waals surface area contributed by atoms with Gasteiger partial charge in [-0.05, 0) is 51.1 Å². The fourth-order valence-electron chi connectivity index (χ4n) is 2.68. The van der Waals surface area contributed by atoms with Gasteiger partial charge in [0.05, 0.1) is 5.25 Å². The lowest BCUT2D eigenvalue weighted by atomic mass is 9.96. The summed E-state index contributed by atoms with van der Waals surface area (Å²) in [6.07, 6.45) is 4.61. The van der Waals surface area contributed by atoms with E-state index in [-0.39, 0.29) is 5.25 Å². The summed E-state index contributed by atoms with van der Waals surface area (Å²) in [6.45, 7) is 3.84. The molecule has 0 spiro atoms. The Kier molecular flexibility index (Phi) is 5.41. The summed E-state index contributed by atoms with van der Waals surface area (Å²) < 4.78 is 32.0. The Morgan fingerprint density at radius 1 is 1.22 bits per heavy atom. The molecule has 2 aliphatic rings. The van der Waals surface area contributed by atoms with Crippen LogP contribution < -0.4 is 10.0 Å². The molecule has 0 aromatic rings. The average Bonchev–Trinajstić information content (AvgIpc) is 2.41. The normalized spacial score (nSPS) is 27.2. The first-order valence-corrected chi connectivity index (χ1v) is 8.50. The molecule has 2 N–H and O–H groups in total. The third-order valence-electron chi connectivity index (χ3n) is 3.86. The molecule has 0 radical (unpaired) electrons. The van der Waals surface area contributed by atoms with E-state index in [0.29, 0.717) is 38.5 Å². The highest BCUT2D eigenvalue weighted by atomic mass is 32.2. The van der Waals surface area contributed by atoms with Gasteiger partial charge in [-0.15, -0.1) is 0 Å². The van der Waals surface area contributed by atoms with Gasteiger partial charge in [0.1, 0.15) is 0 Å². The van der Waals surface area contributed by atoms with Gasteiger partial charge in [-0.1, -0.05) is 0 Å². The van der Waals surface area contributed by atoms with Gasteiger partial charge in [-0.3, -0.25) is 0 Å². The molecule has 0 aliphatic carbocycles. The summed E-state index contributed by atoms with van der Waals surface area (Å²) in [7, 11) is -3.13. The molecule has 6 heteroatoms. The zero-order chi connectivity index (χ0) is 12.8. The van der Waals surface area contributed by atoms with Gasteiger partial charge in [-0.25, -0.2) is 13.1 Å². The fourth-order valence-corrected chi connectivity index (χ4v) is 4.13. The van der Waals surface area contributed by atoms with E-state index in [9.17, 15) is 8.42 Å². The van der Waals surface area contributed by atoms with Crippen LogP contribution in [0.3, 0.4) is 0 Å². The lowest BCUT2D eigenvalue weighted by Gasteiger charge is -2.25. The summed E-state index contributed by atoms with van der Waals surface area (Å²) in [5, 5.41) is 3.10. The van der Waals surface area contributed by atoms with E-state index in [1.807, 2.05) is 0 Å². The maximum absolute atomic E-state index is 12.0.